The number of benzene rings is 1. The van der Waals surface area contributed by atoms with Gasteiger partial charge in [-0.15, -0.1) is 0 Å². The van der Waals surface area contributed by atoms with Crippen LogP contribution in [0, 0.1) is 0 Å². The van der Waals surface area contributed by atoms with Crippen LogP contribution in [-0.4, -0.2) is 23.2 Å². The van der Waals surface area contributed by atoms with Crippen molar-refractivity contribution in [2.45, 2.75) is 6.42 Å². The first-order valence-corrected chi connectivity index (χ1v) is 5.51. The van der Waals surface area contributed by atoms with E-state index in [1.54, 1.807) is 12.3 Å². The van der Waals surface area contributed by atoms with E-state index < -0.39 is 5.97 Å². The Labute approximate surface area is 105 Å². The Hall–Kier alpha value is -2.36. The van der Waals surface area contributed by atoms with Crippen LogP contribution in [0.3, 0.4) is 0 Å². The standard InChI is InChI=1S/C14H13NO3/c1-18-14-11(8-13(16)17)7-12(9-15-14)10-5-3-2-4-6-10/h2-7,9H,8H2,1H3,(H,16,17). The average Bonchev–Trinajstić information content (AvgIpc) is 2.39. The van der Waals surface area contributed by atoms with Gasteiger partial charge in [0.25, 0.3) is 0 Å². The molecule has 0 radical (unpaired) electrons. The minimum Gasteiger partial charge on any atom is -0.481 e. The number of carboxylic acids is 1. The first-order valence-electron chi connectivity index (χ1n) is 5.51. The highest BCUT2D eigenvalue weighted by Crippen LogP contribution is 2.24. The molecule has 2 rings (SSSR count). The Bertz CT molecular complexity index is 552. The summed E-state index contributed by atoms with van der Waals surface area (Å²) in [4.78, 5) is 14.9. The third kappa shape index (κ3) is 2.66. The van der Waals surface area contributed by atoms with Gasteiger partial charge in [-0.2, -0.15) is 0 Å². The summed E-state index contributed by atoms with van der Waals surface area (Å²) >= 11 is 0. The number of carbonyl (C=O) groups is 1. The molecule has 0 saturated heterocycles. The maximum absolute atomic E-state index is 10.8. The molecule has 0 bridgehead atoms. The second-order valence-electron chi connectivity index (χ2n) is 3.83. The van der Waals surface area contributed by atoms with Crippen LogP contribution in [0.25, 0.3) is 11.1 Å². The summed E-state index contributed by atoms with van der Waals surface area (Å²) in [5.74, 6) is -0.544. The summed E-state index contributed by atoms with van der Waals surface area (Å²) in [7, 11) is 1.48. The van der Waals surface area contributed by atoms with Gasteiger partial charge in [0.2, 0.25) is 5.88 Å². The fraction of sp³-hybridized carbons (Fsp3) is 0.143. The molecule has 0 aliphatic carbocycles. The molecule has 92 valence electrons. The smallest absolute Gasteiger partial charge is 0.308 e. The van der Waals surface area contributed by atoms with Gasteiger partial charge in [-0.3, -0.25) is 4.79 Å². The Morgan fingerprint density at radius 1 is 1.28 bits per heavy atom. The molecule has 4 nitrogen and oxygen atoms in total. The van der Waals surface area contributed by atoms with Crippen LogP contribution in [0.15, 0.2) is 42.6 Å². The highest BCUT2D eigenvalue weighted by atomic mass is 16.5. The first-order chi connectivity index (χ1) is 8.70. The predicted molar refractivity (Wildman–Crippen MR) is 67.6 cm³/mol. The fourth-order valence-electron chi connectivity index (χ4n) is 1.76. The molecule has 1 aromatic heterocycles. The van der Waals surface area contributed by atoms with Gasteiger partial charge in [-0.25, -0.2) is 4.98 Å². The van der Waals surface area contributed by atoms with E-state index in [4.69, 9.17) is 9.84 Å². The third-order valence-electron chi connectivity index (χ3n) is 2.57. The van der Waals surface area contributed by atoms with Crippen LogP contribution in [0.2, 0.25) is 0 Å². The number of pyridine rings is 1. The van der Waals surface area contributed by atoms with Crippen LogP contribution in [-0.2, 0) is 11.2 Å². The van der Waals surface area contributed by atoms with Crippen LogP contribution in [0.1, 0.15) is 5.56 Å². The maximum atomic E-state index is 10.8. The summed E-state index contributed by atoms with van der Waals surface area (Å²) in [6.45, 7) is 0. The number of hydrogen-bond donors (Lipinski definition) is 1. The molecule has 1 aromatic carbocycles. The van der Waals surface area contributed by atoms with Crippen molar-refractivity contribution in [1.29, 1.82) is 0 Å². The summed E-state index contributed by atoms with van der Waals surface area (Å²) in [5.41, 5.74) is 2.46. The SMILES string of the molecule is COc1ncc(-c2ccccc2)cc1CC(=O)O. The number of methoxy groups -OCH3 is 1. The Kier molecular flexibility index (Phi) is 3.57. The molecular weight excluding hydrogens is 230 g/mol. The number of carboxylic acid groups (broad SMARTS) is 1. The van der Waals surface area contributed by atoms with Gasteiger partial charge in [0.05, 0.1) is 13.5 Å². The quantitative estimate of drug-likeness (QED) is 0.895. The lowest BCUT2D eigenvalue weighted by atomic mass is 10.0. The third-order valence-corrected chi connectivity index (χ3v) is 2.57. The van der Waals surface area contributed by atoms with Gasteiger partial charge < -0.3 is 9.84 Å². The van der Waals surface area contributed by atoms with E-state index in [2.05, 4.69) is 4.98 Å². The van der Waals surface area contributed by atoms with Gasteiger partial charge in [0, 0.05) is 17.3 Å². The molecule has 0 atom stereocenters. The van der Waals surface area contributed by atoms with Crippen molar-refractivity contribution in [2.75, 3.05) is 7.11 Å². The van der Waals surface area contributed by atoms with E-state index in [1.165, 1.54) is 7.11 Å². The van der Waals surface area contributed by atoms with E-state index in [0.717, 1.165) is 11.1 Å². The molecule has 1 N–H and O–H groups in total. The normalized spacial score (nSPS) is 10.1. The molecule has 0 spiro atoms. The monoisotopic (exact) mass is 243 g/mol. The van der Waals surface area contributed by atoms with Gasteiger partial charge in [-0.05, 0) is 11.6 Å². The molecule has 0 fully saturated rings. The highest BCUT2D eigenvalue weighted by molar-refractivity contribution is 5.73. The molecule has 18 heavy (non-hydrogen) atoms. The van der Waals surface area contributed by atoms with Crippen LogP contribution in [0.4, 0.5) is 0 Å². The summed E-state index contributed by atoms with van der Waals surface area (Å²) in [6.07, 6.45) is 1.58. The lowest BCUT2D eigenvalue weighted by Crippen LogP contribution is -2.04. The number of aromatic nitrogens is 1. The second kappa shape index (κ2) is 5.31. The Morgan fingerprint density at radius 3 is 2.61 bits per heavy atom. The van der Waals surface area contributed by atoms with Crippen molar-refractivity contribution in [3.8, 4) is 17.0 Å². The number of hydrogen-bond acceptors (Lipinski definition) is 3. The van der Waals surface area contributed by atoms with Crippen molar-refractivity contribution in [3.05, 3.63) is 48.2 Å². The van der Waals surface area contributed by atoms with E-state index in [1.807, 2.05) is 30.3 Å². The molecular formula is C14H13NO3. The topological polar surface area (TPSA) is 59.4 Å². The molecule has 0 amide bonds. The molecule has 0 saturated carbocycles. The van der Waals surface area contributed by atoms with E-state index in [0.29, 0.717) is 11.4 Å². The van der Waals surface area contributed by atoms with E-state index >= 15 is 0 Å². The largest absolute Gasteiger partial charge is 0.481 e. The number of ether oxygens (including phenoxy) is 1. The fourth-order valence-corrected chi connectivity index (χ4v) is 1.76. The lowest BCUT2D eigenvalue weighted by molar-refractivity contribution is -0.136. The van der Waals surface area contributed by atoms with Crippen molar-refractivity contribution < 1.29 is 14.6 Å². The van der Waals surface area contributed by atoms with Crippen molar-refractivity contribution in [2.24, 2.45) is 0 Å². The zero-order valence-electron chi connectivity index (χ0n) is 9.96. The van der Waals surface area contributed by atoms with Gasteiger partial charge in [-0.1, -0.05) is 30.3 Å². The predicted octanol–water partition coefficient (Wildman–Crippen LogP) is 2.38. The zero-order chi connectivity index (χ0) is 13.0. The number of nitrogens with zero attached hydrogens (tertiary/aromatic N) is 1. The first kappa shape index (κ1) is 12.1. The second-order valence-corrected chi connectivity index (χ2v) is 3.83. The van der Waals surface area contributed by atoms with Gasteiger partial charge >= 0.3 is 5.97 Å². The summed E-state index contributed by atoms with van der Waals surface area (Å²) < 4.78 is 5.06. The average molecular weight is 243 g/mol. The van der Waals surface area contributed by atoms with E-state index in [-0.39, 0.29) is 6.42 Å². The van der Waals surface area contributed by atoms with Crippen molar-refractivity contribution >= 4 is 5.97 Å². The molecule has 0 unspecified atom stereocenters. The summed E-state index contributed by atoms with van der Waals surface area (Å²) in [5, 5.41) is 8.87. The maximum Gasteiger partial charge on any atom is 0.308 e. The molecule has 0 aliphatic rings. The number of rotatable bonds is 4. The van der Waals surface area contributed by atoms with Crippen LogP contribution < -0.4 is 4.74 Å². The van der Waals surface area contributed by atoms with Crippen LogP contribution in [0.5, 0.6) is 5.88 Å². The molecule has 2 aromatic rings. The van der Waals surface area contributed by atoms with Gasteiger partial charge in [0.1, 0.15) is 0 Å². The lowest BCUT2D eigenvalue weighted by Gasteiger charge is -2.08. The number of aliphatic carboxylic acids is 1. The molecule has 0 aliphatic heterocycles. The van der Waals surface area contributed by atoms with Crippen LogP contribution >= 0.6 is 0 Å². The Balaban J connectivity index is 2.42. The van der Waals surface area contributed by atoms with Crippen molar-refractivity contribution in [1.82, 2.24) is 4.98 Å². The van der Waals surface area contributed by atoms with Crippen molar-refractivity contribution in [3.63, 3.8) is 0 Å². The summed E-state index contributed by atoms with van der Waals surface area (Å²) in [6, 6.07) is 11.5. The van der Waals surface area contributed by atoms with Gasteiger partial charge in [0.15, 0.2) is 0 Å². The molecule has 4 heteroatoms. The Morgan fingerprint density at radius 2 is 2.00 bits per heavy atom. The zero-order valence-corrected chi connectivity index (χ0v) is 9.96. The highest BCUT2D eigenvalue weighted by Gasteiger charge is 2.10. The minimum atomic E-state index is -0.902. The van der Waals surface area contributed by atoms with E-state index in [9.17, 15) is 4.79 Å². The minimum absolute atomic E-state index is 0.100. The molecule has 1 heterocycles.